The zero-order valence-corrected chi connectivity index (χ0v) is 12.2. The Morgan fingerprint density at radius 1 is 1.35 bits per heavy atom. The lowest BCUT2D eigenvalue weighted by molar-refractivity contribution is 0.211. The van der Waals surface area contributed by atoms with Crippen molar-refractivity contribution in [1.82, 2.24) is 4.57 Å². The van der Waals surface area contributed by atoms with Crippen LogP contribution in [0.2, 0.25) is 0 Å². The van der Waals surface area contributed by atoms with Crippen molar-refractivity contribution in [3.63, 3.8) is 0 Å². The maximum atomic E-state index is 9.49. The maximum absolute atomic E-state index is 9.49. The van der Waals surface area contributed by atoms with E-state index in [4.69, 9.17) is 16.3 Å². The average molecular weight is 295 g/mol. The molecule has 20 heavy (non-hydrogen) atoms. The van der Waals surface area contributed by atoms with Crippen LogP contribution in [0.5, 0.6) is 5.75 Å². The van der Waals surface area contributed by atoms with Gasteiger partial charge in [0.25, 0.3) is 0 Å². The average Bonchev–Trinajstić information content (AvgIpc) is 3.00. The Morgan fingerprint density at radius 2 is 2.10 bits per heavy atom. The van der Waals surface area contributed by atoms with E-state index < -0.39 is 6.10 Å². The van der Waals surface area contributed by atoms with Gasteiger partial charge in [-0.3, -0.25) is 0 Å². The highest BCUT2D eigenvalue weighted by molar-refractivity contribution is 6.18. The van der Waals surface area contributed by atoms with Crippen LogP contribution in [0.15, 0.2) is 42.7 Å². The molecular formula is C15H19ClN2O2. The van der Waals surface area contributed by atoms with Gasteiger partial charge in [0.2, 0.25) is 0 Å². The van der Waals surface area contributed by atoms with Crippen molar-refractivity contribution in [2.75, 3.05) is 24.3 Å². The summed E-state index contributed by atoms with van der Waals surface area (Å²) in [7, 11) is 0. The molecule has 0 spiro atoms. The first kappa shape index (κ1) is 14.8. The summed E-state index contributed by atoms with van der Waals surface area (Å²) >= 11 is 5.58. The van der Waals surface area contributed by atoms with Crippen LogP contribution in [0, 0.1) is 0 Å². The van der Waals surface area contributed by atoms with Crippen LogP contribution in [0.1, 0.15) is 6.92 Å². The van der Waals surface area contributed by atoms with Crippen molar-refractivity contribution in [2.24, 2.45) is 0 Å². The number of aliphatic hydroxyl groups excluding tert-OH is 1. The minimum atomic E-state index is -0.557. The molecule has 0 aliphatic rings. The Labute approximate surface area is 123 Å². The van der Waals surface area contributed by atoms with E-state index in [9.17, 15) is 5.11 Å². The van der Waals surface area contributed by atoms with E-state index in [0.717, 1.165) is 17.1 Å². The second kappa shape index (κ2) is 7.22. The number of rotatable bonds is 7. The van der Waals surface area contributed by atoms with Crippen molar-refractivity contribution in [2.45, 2.75) is 13.0 Å². The van der Waals surface area contributed by atoms with E-state index in [2.05, 4.69) is 5.32 Å². The molecule has 2 N–H and O–H groups in total. The molecular weight excluding hydrogens is 276 g/mol. The van der Waals surface area contributed by atoms with Gasteiger partial charge in [0, 0.05) is 24.6 Å². The lowest BCUT2D eigenvalue weighted by Crippen LogP contribution is -2.20. The zero-order chi connectivity index (χ0) is 14.4. The number of ether oxygens (including phenoxy) is 1. The lowest BCUT2D eigenvalue weighted by atomic mass is 10.2. The normalized spacial score (nSPS) is 12.2. The largest absolute Gasteiger partial charge is 0.492 e. The van der Waals surface area contributed by atoms with Crippen molar-refractivity contribution < 1.29 is 9.84 Å². The van der Waals surface area contributed by atoms with Crippen LogP contribution < -0.4 is 10.1 Å². The van der Waals surface area contributed by atoms with Crippen molar-refractivity contribution in [3.05, 3.63) is 42.7 Å². The van der Waals surface area contributed by atoms with Gasteiger partial charge < -0.3 is 19.7 Å². The molecule has 0 radical (unpaired) electrons. The van der Waals surface area contributed by atoms with Gasteiger partial charge in [0.1, 0.15) is 5.75 Å². The molecule has 1 aromatic carbocycles. The second-order valence-electron chi connectivity index (χ2n) is 4.39. The van der Waals surface area contributed by atoms with E-state index in [1.165, 1.54) is 0 Å². The fourth-order valence-corrected chi connectivity index (χ4v) is 2.00. The van der Waals surface area contributed by atoms with E-state index in [1.54, 1.807) is 0 Å². The first-order valence-electron chi connectivity index (χ1n) is 6.62. The smallest absolute Gasteiger partial charge is 0.143 e. The van der Waals surface area contributed by atoms with Gasteiger partial charge in [-0.1, -0.05) is 0 Å². The molecule has 1 atom stereocenters. The predicted octanol–water partition coefficient (Wildman–Crippen LogP) is 2.89. The summed E-state index contributed by atoms with van der Waals surface area (Å²) in [5.41, 5.74) is 1.88. The summed E-state index contributed by atoms with van der Waals surface area (Å²) in [6, 6.07) is 9.78. The van der Waals surface area contributed by atoms with E-state index in [1.807, 2.05) is 54.2 Å². The monoisotopic (exact) mass is 294 g/mol. The number of hydrogen-bond acceptors (Lipinski definition) is 3. The molecule has 0 saturated heterocycles. The van der Waals surface area contributed by atoms with Crippen LogP contribution in [-0.4, -0.2) is 34.8 Å². The number of aliphatic hydroxyl groups is 1. The number of aromatic nitrogens is 1. The standard InChI is InChI=1S/C15H19ClN2O2/c1-2-20-15-6-5-12(17-11-13(19)10-16)9-14(15)18-7-3-4-8-18/h3-9,13,17,19H,2,10-11H2,1H3. The van der Waals surface area contributed by atoms with Gasteiger partial charge >= 0.3 is 0 Å². The Hall–Kier alpha value is -1.65. The van der Waals surface area contributed by atoms with Gasteiger partial charge in [-0.25, -0.2) is 0 Å². The summed E-state index contributed by atoms with van der Waals surface area (Å²) in [6.45, 7) is 3.00. The van der Waals surface area contributed by atoms with Crippen molar-refractivity contribution in [1.29, 1.82) is 0 Å². The number of hydrogen-bond donors (Lipinski definition) is 2. The number of benzene rings is 1. The van der Waals surface area contributed by atoms with Crippen LogP contribution in [0.3, 0.4) is 0 Å². The maximum Gasteiger partial charge on any atom is 0.143 e. The third kappa shape index (κ3) is 3.68. The summed E-state index contributed by atoms with van der Waals surface area (Å²) < 4.78 is 7.64. The summed E-state index contributed by atoms with van der Waals surface area (Å²) in [5.74, 6) is 1.04. The van der Waals surface area contributed by atoms with Crippen LogP contribution in [0.25, 0.3) is 5.69 Å². The first-order chi connectivity index (χ1) is 9.74. The molecule has 1 unspecified atom stereocenters. The molecule has 108 valence electrons. The number of anilines is 1. The fraction of sp³-hybridized carbons (Fsp3) is 0.333. The quantitative estimate of drug-likeness (QED) is 0.772. The molecule has 1 aromatic heterocycles. The highest BCUT2D eigenvalue weighted by Crippen LogP contribution is 2.26. The first-order valence-corrected chi connectivity index (χ1v) is 7.16. The Balaban J connectivity index is 2.22. The number of halogens is 1. The molecule has 0 aliphatic carbocycles. The molecule has 0 aliphatic heterocycles. The van der Waals surface area contributed by atoms with E-state index >= 15 is 0 Å². The fourth-order valence-electron chi connectivity index (χ4n) is 1.89. The van der Waals surface area contributed by atoms with Gasteiger partial charge in [0.05, 0.1) is 24.3 Å². The van der Waals surface area contributed by atoms with Crippen LogP contribution in [0.4, 0.5) is 5.69 Å². The number of nitrogens with one attached hydrogen (secondary N) is 1. The molecule has 0 amide bonds. The molecule has 1 heterocycles. The minimum absolute atomic E-state index is 0.217. The van der Waals surface area contributed by atoms with Crippen LogP contribution in [-0.2, 0) is 0 Å². The number of alkyl halides is 1. The van der Waals surface area contributed by atoms with Gasteiger partial charge in [-0.05, 0) is 37.3 Å². The molecule has 0 bridgehead atoms. The summed E-state index contributed by atoms with van der Waals surface area (Å²) in [4.78, 5) is 0. The Kier molecular flexibility index (Phi) is 5.32. The van der Waals surface area contributed by atoms with E-state index in [0.29, 0.717) is 13.2 Å². The second-order valence-corrected chi connectivity index (χ2v) is 4.70. The van der Waals surface area contributed by atoms with Crippen molar-refractivity contribution >= 4 is 17.3 Å². The van der Waals surface area contributed by atoms with E-state index in [-0.39, 0.29) is 5.88 Å². The van der Waals surface area contributed by atoms with Gasteiger partial charge in [-0.2, -0.15) is 0 Å². The molecule has 0 fully saturated rings. The Bertz CT molecular complexity index is 529. The van der Waals surface area contributed by atoms with Crippen molar-refractivity contribution in [3.8, 4) is 11.4 Å². The summed E-state index contributed by atoms with van der Waals surface area (Å²) in [5, 5.41) is 12.7. The zero-order valence-electron chi connectivity index (χ0n) is 11.4. The molecule has 0 saturated carbocycles. The topological polar surface area (TPSA) is 46.4 Å². The minimum Gasteiger partial charge on any atom is -0.492 e. The number of nitrogens with zero attached hydrogens (tertiary/aromatic N) is 1. The van der Waals surface area contributed by atoms with Gasteiger partial charge in [0.15, 0.2) is 0 Å². The van der Waals surface area contributed by atoms with Gasteiger partial charge in [-0.15, -0.1) is 11.6 Å². The molecule has 5 heteroatoms. The third-order valence-corrected chi connectivity index (χ3v) is 3.22. The molecule has 2 rings (SSSR count). The predicted molar refractivity (Wildman–Crippen MR) is 82.2 cm³/mol. The highest BCUT2D eigenvalue weighted by atomic mass is 35.5. The molecule has 2 aromatic rings. The summed E-state index contributed by atoms with van der Waals surface area (Å²) in [6.07, 6.45) is 3.38. The molecule has 4 nitrogen and oxygen atoms in total. The van der Waals surface area contributed by atoms with Crippen LogP contribution >= 0.6 is 11.6 Å². The SMILES string of the molecule is CCOc1ccc(NCC(O)CCl)cc1-n1cccc1. The highest BCUT2D eigenvalue weighted by Gasteiger charge is 2.08. The third-order valence-electron chi connectivity index (χ3n) is 2.86. The lowest BCUT2D eigenvalue weighted by Gasteiger charge is -2.15. The Morgan fingerprint density at radius 3 is 2.75 bits per heavy atom.